The molecule has 0 aliphatic carbocycles. The molecular formula is C12H14N6OS. The summed E-state index contributed by atoms with van der Waals surface area (Å²) in [5.74, 6) is 0. The Balaban J connectivity index is 1.56. The average Bonchev–Trinajstić information content (AvgIpc) is 3.20. The summed E-state index contributed by atoms with van der Waals surface area (Å²) in [6, 6.07) is 1.78. The van der Waals surface area contributed by atoms with E-state index in [1.807, 2.05) is 19.6 Å². The first-order valence-electron chi connectivity index (χ1n) is 6.24. The molecule has 0 saturated carbocycles. The van der Waals surface area contributed by atoms with Gasteiger partial charge in [0.1, 0.15) is 12.0 Å². The molecule has 3 heterocycles. The number of hydrogen-bond donors (Lipinski definition) is 0. The van der Waals surface area contributed by atoms with E-state index in [0.717, 1.165) is 35.3 Å². The molecule has 7 nitrogen and oxygen atoms in total. The third-order valence-electron chi connectivity index (χ3n) is 2.87. The predicted octanol–water partition coefficient (Wildman–Crippen LogP) is 1.92. The van der Waals surface area contributed by atoms with Gasteiger partial charge in [-0.15, -0.1) is 10.2 Å². The van der Waals surface area contributed by atoms with Crippen molar-refractivity contribution in [2.45, 2.75) is 13.0 Å². The second-order valence-corrected chi connectivity index (χ2v) is 5.31. The van der Waals surface area contributed by atoms with Crippen LogP contribution in [-0.2, 0) is 6.54 Å². The second kappa shape index (κ2) is 5.83. The normalized spacial score (nSPS) is 10.8. The first kappa shape index (κ1) is 12.8. The minimum Gasteiger partial charge on any atom is -0.364 e. The third-order valence-corrected chi connectivity index (χ3v) is 3.93. The zero-order valence-corrected chi connectivity index (χ0v) is 11.8. The van der Waals surface area contributed by atoms with E-state index in [1.54, 1.807) is 12.3 Å². The van der Waals surface area contributed by atoms with Gasteiger partial charge in [-0.25, -0.2) is 4.98 Å². The van der Waals surface area contributed by atoms with Crippen LogP contribution >= 0.6 is 11.3 Å². The Hall–Kier alpha value is -2.22. The predicted molar refractivity (Wildman–Crippen MR) is 75.5 cm³/mol. The van der Waals surface area contributed by atoms with Gasteiger partial charge >= 0.3 is 0 Å². The van der Waals surface area contributed by atoms with Gasteiger partial charge in [-0.1, -0.05) is 16.5 Å². The minimum atomic E-state index is 0.723. The monoisotopic (exact) mass is 290 g/mol. The van der Waals surface area contributed by atoms with Crippen LogP contribution in [-0.4, -0.2) is 38.5 Å². The smallest absolute Gasteiger partial charge is 0.208 e. The molecule has 0 aliphatic heterocycles. The van der Waals surface area contributed by atoms with E-state index in [-0.39, 0.29) is 0 Å². The van der Waals surface area contributed by atoms with Crippen LogP contribution < -0.4 is 4.90 Å². The van der Waals surface area contributed by atoms with Crippen molar-refractivity contribution in [1.82, 2.24) is 24.9 Å². The minimum absolute atomic E-state index is 0.723. The molecule has 3 aromatic rings. The van der Waals surface area contributed by atoms with Crippen molar-refractivity contribution in [2.75, 3.05) is 18.5 Å². The standard InChI is InChI=1S/C12H14N6OS/c1-17(5-2-6-18-7-4-13-9-18)12-15-14-11(20-12)10-3-8-19-16-10/h3-4,7-9H,2,5-6H2,1H3. The van der Waals surface area contributed by atoms with E-state index in [1.165, 1.54) is 17.6 Å². The van der Waals surface area contributed by atoms with Crippen molar-refractivity contribution < 1.29 is 4.52 Å². The van der Waals surface area contributed by atoms with Crippen LogP contribution in [0.4, 0.5) is 5.13 Å². The van der Waals surface area contributed by atoms with Gasteiger partial charge in [0, 0.05) is 38.6 Å². The number of rotatable bonds is 6. The van der Waals surface area contributed by atoms with Gasteiger partial charge < -0.3 is 14.0 Å². The molecule has 0 spiro atoms. The van der Waals surface area contributed by atoms with Crippen LogP contribution in [0, 0.1) is 0 Å². The van der Waals surface area contributed by atoms with Crippen LogP contribution in [0.5, 0.6) is 0 Å². The Morgan fingerprint density at radius 2 is 2.35 bits per heavy atom. The van der Waals surface area contributed by atoms with E-state index in [0.29, 0.717) is 0 Å². The van der Waals surface area contributed by atoms with Crippen LogP contribution in [0.3, 0.4) is 0 Å². The first-order valence-corrected chi connectivity index (χ1v) is 7.06. The number of aryl methyl sites for hydroxylation is 1. The van der Waals surface area contributed by atoms with Crippen molar-refractivity contribution in [1.29, 1.82) is 0 Å². The molecule has 0 aromatic carbocycles. The molecule has 0 aliphatic rings. The molecule has 0 bridgehead atoms. The van der Waals surface area contributed by atoms with Crippen molar-refractivity contribution >= 4 is 16.5 Å². The van der Waals surface area contributed by atoms with E-state index < -0.39 is 0 Å². The maximum absolute atomic E-state index is 4.81. The Labute approximate surface area is 119 Å². The molecule has 0 saturated heterocycles. The molecule has 104 valence electrons. The van der Waals surface area contributed by atoms with Gasteiger partial charge in [-0.2, -0.15) is 0 Å². The zero-order valence-electron chi connectivity index (χ0n) is 11.0. The number of hydrogen-bond acceptors (Lipinski definition) is 7. The van der Waals surface area contributed by atoms with Crippen molar-refractivity contribution in [3.63, 3.8) is 0 Å². The maximum Gasteiger partial charge on any atom is 0.208 e. The first-order chi connectivity index (χ1) is 9.83. The largest absolute Gasteiger partial charge is 0.364 e. The van der Waals surface area contributed by atoms with Crippen molar-refractivity contribution in [2.24, 2.45) is 0 Å². The van der Waals surface area contributed by atoms with Crippen LogP contribution in [0.1, 0.15) is 6.42 Å². The topological polar surface area (TPSA) is 72.9 Å². The fourth-order valence-corrected chi connectivity index (χ4v) is 2.59. The number of anilines is 1. The lowest BCUT2D eigenvalue weighted by Gasteiger charge is -2.14. The van der Waals surface area contributed by atoms with Gasteiger partial charge in [-0.3, -0.25) is 0 Å². The quantitative estimate of drug-likeness (QED) is 0.690. The van der Waals surface area contributed by atoms with Crippen molar-refractivity contribution in [3.05, 3.63) is 31.1 Å². The lowest BCUT2D eigenvalue weighted by Crippen LogP contribution is -2.19. The third kappa shape index (κ3) is 2.85. The second-order valence-electron chi connectivity index (χ2n) is 4.35. The van der Waals surface area contributed by atoms with Gasteiger partial charge in [-0.05, 0) is 6.42 Å². The Bertz CT molecular complexity index is 633. The molecule has 0 radical (unpaired) electrons. The summed E-state index contributed by atoms with van der Waals surface area (Å²) >= 11 is 1.51. The Morgan fingerprint density at radius 3 is 3.10 bits per heavy atom. The molecule has 0 amide bonds. The van der Waals surface area contributed by atoms with Crippen LogP contribution in [0.2, 0.25) is 0 Å². The Morgan fingerprint density at radius 1 is 1.40 bits per heavy atom. The SMILES string of the molecule is CN(CCCn1ccnc1)c1nnc(-c2ccon2)s1. The molecule has 0 atom stereocenters. The highest BCUT2D eigenvalue weighted by Crippen LogP contribution is 2.26. The van der Waals surface area contributed by atoms with Gasteiger partial charge in [0.15, 0.2) is 5.01 Å². The van der Waals surface area contributed by atoms with E-state index in [4.69, 9.17) is 4.52 Å². The van der Waals surface area contributed by atoms with Crippen LogP contribution in [0.25, 0.3) is 10.7 Å². The van der Waals surface area contributed by atoms with Gasteiger partial charge in [0.05, 0.1) is 6.33 Å². The average molecular weight is 290 g/mol. The molecule has 8 heteroatoms. The summed E-state index contributed by atoms with van der Waals surface area (Å²) < 4.78 is 6.88. The molecule has 3 rings (SSSR count). The zero-order chi connectivity index (χ0) is 13.8. The van der Waals surface area contributed by atoms with E-state index in [2.05, 4.69) is 29.8 Å². The lowest BCUT2D eigenvalue weighted by atomic mass is 10.4. The molecule has 0 unspecified atom stereocenters. The van der Waals surface area contributed by atoms with Gasteiger partial charge in [0.2, 0.25) is 5.13 Å². The van der Waals surface area contributed by atoms with E-state index in [9.17, 15) is 0 Å². The molecule has 0 N–H and O–H groups in total. The maximum atomic E-state index is 4.81. The Kier molecular flexibility index (Phi) is 3.73. The molecule has 20 heavy (non-hydrogen) atoms. The summed E-state index contributed by atoms with van der Waals surface area (Å²) in [4.78, 5) is 6.12. The van der Waals surface area contributed by atoms with E-state index >= 15 is 0 Å². The number of imidazole rings is 1. The summed E-state index contributed by atoms with van der Waals surface area (Å²) in [5, 5.41) is 13.8. The van der Waals surface area contributed by atoms with Crippen LogP contribution in [0.15, 0.2) is 35.6 Å². The lowest BCUT2D eigenvalue weighted by molar-refractivity contribution is 0.422. The van der Waals surface area contributed by atoms with Gasteiger partial charge in [0.25, 0.3) is 0 Å². The summed E-state index contributed by atoms with van der Waals surface area (Å²) in [6.45, 7) is 1.85. The highest BCUT2D eigenvalue weighted by Gasteiger charge is 2.12. The molecule has 0 fully saturated rings. The summed E-state index contributed by atoms with van der Waals surface area (Å²) in [5.41, 5.74) is 0.723. The van der Waals surface area contributed by atoms with Crippen molar-refractivity contribution in [3.8, 4) is 10.7 Å². The summed E-state index contributed by atoms with van der Waals surface area (Å²) in [7, 11) is 2.01. The fourth-order valence-electron chi connectivity index (χ4n) is 1.80. The number of aromatic nitrogens is 5. The highest BCUT2D eigenvalue weighted by atomic mass is 32.1. The molecular weight excluding hydrogens is 276 g/mol. The summed E-state index contributed by atoms with van der Waals surface area (Å²) in [6.07, 6.45) is 8.14. The fraction of sp³-hybridized carbons (Fsp3) is 0.333. The highest BCUT2D eigenvalue weighted by molar-refractivity contribution is 7.18. The molecule has 3 aromatic heterocycles. The number of nitrogens with zero attached hydrogens (tertiary/aromatic N) is 6.